The Kier molecular flexibility index (Phi) is 5.58. The van der Waals surface area contributed by atoms with Crippen LogP contribution in [0.3, 0.4) is 0 Å². The molecule has 1 unspecified atom stereocenters. The smallest absolute Gasteiger partial charge is 0.337 e. The molecule has 0 aliphatic carbocycles. The molecule has 2 aromatic rings. The van der Waals surface area contributed by atoms with Crippen LogP contribution in [-0.2, 0) is 14.8 Å². The molecule has 24 heavy (non-hydrogen) atoms. The summed E-state index contributed by atoms with van der Waals surface area (Å²) in [6.45, 7) is 1.44. The van der Waals surface area contributed by atoms with Crippen LogP contribution >= 0.6 is 0 Å². The van der Waals surface area contributed by atoms with Crippen molar-refractivity contribution in [3.8, 4) is 0 Å². The van der Waals surface area contributed by atoms with Crippen molar-refractivity contribution >= 4 is 21.7 Å². The molecule has 1 N–H and O–H groups in total. The number of rotatable bonds is 6. The fourth-order valence-electron chi connectivity index (χ4n) is 2.18. The number of sulfonamides is 1. The molecule has 0 saturated heterocycles. The number of esters is 1. The quantitative estimate of drug-likeness (QED) is 0.807. The molecular weight excluding hydrogens is 330 g/mol. The number of carbonyl (C=O) groups is 1. The molecule has 2 aromatic carbocycles. The van der Waals surface area contributed by atoms with E-state index in [0.717, 1.165) is 4.31 Å². The van der Waals surface area contributed by atoms with E-state index in [1.54, 1.807) is 30.3 Å². The Morgan fingerprint density at radius 2 is 1.71 bits per heavy atom. The summed E-state index contributed by atoms with van der Waals surface area (Å²) in [5.41, 5.74) is 0.716. The molecule has 0 fully saturated rings. The summed E-state index contributed by atoms with van der Waals surface area (Å²) in [6.07, 6.45) is -0.839. The summed E-state index contributed by atoms with van der Waals surface area (Å²) in [7, 11) is -2.62. The molecule has 128 valence electrons. The molecule has 0 aliphatic rings. The fourth-order valence-corrected chi connectivity index (χ4v) is 3.73. The fraction of sp³-hybridized carbons (Fsp3) is 0.235. The van der Waals surface area contributed by atoms with Gasteiger partial charge in [0.2, 0.25) is 0 Å². The van der Waals surface area contributed by atoms with Crippen LogP contribution in [0.1, 0.15) is 17.3 Å². The number of methoxy groups -OCH3 is 1. The first-order valence-electron chi connectivity index (χ1n) is 7.30. The van der Waals surface area contributed by atoms with E-state index in [9.17, 15) is 18.3 Å². The first-order chi connectivity index (χ1) is 11.4. The van der Waals surface area contributed by atoms with Gasteiger partial charge in [0, 0.05) is 0 Å². The van der Waals surface area contributed by atoms with Crippen molar-refractivity contribution in [2.45, 2.75) is 17.9 Å². The van der Waals surface area contributed by atoms with Crippen LogP contribution in [0.25, 0.3) is 0 Å². The van der Waals surface area contributed by atoms with E-state index in [4.69, 9.17) is 0 Å². The van der Waals surface area contributed by atoms with Crippen LogP contribution < -0.4 is 4.31 Å². The molecule has 0 aliphatic heterocycles. The highest BCUT2D eigenvalue weighted by molar-refractivity contribution is 7.92. The topological polar surface area (TPSA) is 83.9 Å². The van der Waals surface area contributed by atoms with Gasteiger partial charge in [-0.3, -0.25) is 4.31 Å². The zero-order chi connectivity index (χ0) is 17.7. The standard InChI is InChI=1S/C17H19NO5S/c1-13(19)12-18(15-6-4-3-5-7-15)24(21,22)16-10-8-14(9-11-16)17(20)23-2/h3-11,13,19H,12H2,1-2H3. The van der Waals surface area contributed by atoms with E-state index in [0.29, 0.717) is 5.69 Å². The highest BCUT2D eigenvalue weighted by Crippen LogP contribution is 2.24. The number of ether oxygens (including phenoxy) is 1. The molecule has 0 bridgehead atoms. The van der Waals surface area contributed by atoms with Crippen LogP contribution in [0.2, 0.25) is 0 Å². The Bertz CT molecular complexity index is 785. The van der Waals surface area contributed by atoms with Crippen molar-refractivity contribution in [1.29, 1.82) is 0 Å². The van der Waals surface area contributed by atoms with Crippen LogP contribution in [-0.4, -0.2) is 39.3 Å². The zero-order valence-electron chi connectivity index (χ0n) is 13.4. The second-order valence-corrected chi connectivity index (χ2v) is 7.10. The molecule has 6 nitrogen and oxygen atoms in total. The van der Waals surface area contributed by atoms with E-state index in [2.05, 4.69) is 4.74 Å². The van der Waals surface area contributed by atoms with Gasteiger partial charge in [0.25, 0.3) is 10.0 Å². The Labute approximate surface area is 141 Å². The highest BCUT2D eigenvalue weighted by Gasteiger charge is 2.26. The lowest BCUT2D eigenvalue weighted by atomic mass is 10.2. The van der Waals surface area contributed by atoms with Crippen molar-refractivity contribution < 1.29 is 23.1 Å². The number of aliphatic hydroxyl groups excluding tert-OH is 1. The van der Waals surface area contributed by atoms with Crippen LogP contribution in [0.4, 0.5) is 5.69 Å². The molecule has 1 atom stereocenters. The number of hydrogen-bond donors (Lipinski definition) is 1. The predicted molar refractivity (Wildman–Crippen MR) is 90.4 cm³/mol. The second kappa shape index (κ2) is 7.46. The summed E-state index contributed by atoms with van der Waals surface area (Å²) >= 11 is 0. The Hall–Kier alpha value is -2.38. The average Bonchev–Trinajstić information content (AvgIpc) is 2.59. The lowest BCUT2D eigenvalue weighted by Crippen LogP contribution is -2.36. The van der Waals surface area contributed by atoms with Gasteiger partial charge < -0.3 is 9.84 Å². The van der Waals surface area contributed by atoms with Gasteiger partial charge in [-0.05, 0) is 43.3 Å². The number of anilines is 1. The molecule has 0 amide bonds. The monoisotopic (exact) mass is 349 g/mol. The molecule has 0 heterocycles. The highest BCUT2D eigenvalue weighted by atomic mass is 32.2. The van der Waals surface area contributed by atoms with Crippen molar-refractivity contribution in [3.63, 3.8) is 0 Å². The minimum absolute atomic E-state index is 0.0275. The molecule has 0 radical (unpaired) electrons. The summed E-state index contributed by atoms with van der Waals surface area (Å²) in [6, 6.07) is 14.0. The Morgan fingerprint density at radius 3 is 2.21 bits per heavy atom. The van der Waals surface area contributed by atoms with Crippen LogP contribution in [0, 0.1) is 0 Å². The lowest BCUT2D eigenvalue weighted by Gasteiger charge is -2.25. The minimum Gasteiger partial charge on any atom is -0.465 e. The normalized spacial score (nSPS) is 12.5. The van der Waals surface area contributed by atoms with Crippen molar-refractivity contribution in [2.75, 3.05) is 18.0 Å². The summed E-state index contributed by atoms with van der Waals surface area (Å²) in [5.74, 6) is -0.539. The Balaban J connectivity index is 2.42. The third kappa shape index (κ3) is 3.93. The minimum atomic E-state index is -3.88. The van der Waals surface area contributed by atoms with Gasteiger partial charge in [-0.15, -0.1) is 0 Å². The molecular formula is C17H19NO5S. The third-order valence-corrected chi connectivity index (χ3v) is 5.15. The van der Waals surface area contributed by atoms with Gasteiger partial charge >= 0.3 is 5.97 Å². The van der Waals surface area contributed by atoms with Gasteiger partial charge in [0.15, 0.2) is 0 Å². The molecule has 0 saturated carbocycles. The number of aliphatic hydroxyl groups is 1. The number of para-hydroxylation sites is 1. The van der Waals surface area contributed by atoms with E-state index >= 15 is 0 Å². The Morgan fingerprint density at radius 1 is 1.12 bits per heavy atom. The van der Waals surface area contributed by atoms with E-state index < -0.39 is 22.1 Å². The average molecular weight is 349 g/mol. The van der Waals surface area contributed by atoms with Crippen molar-refractivity contribution in [1.82, 2.24) is 0 Å². The summed E-state index contributed by atoms with van der Waals surface area (Å²) in [4.78, 5) is 11.5. The largest absolute Gasteiger partial charge is 0.465 e. The molecule has 2 rings (SSSR count). The van der Waals surface area contributed by atoms with E-state index in [1.165, 1.54) is 38.3 Å². The maximum atomic E-state index is 12.9. The van der Waals surface area contributed by atoms with Gasteiger partial charge in [0.1, 0.15) is 0 Å². The van der Waals surface area contributed by atoms with Gasteiger partial charge in [0.05, 0.1) is 35.9 Å². The second-order valence-electron chi connectivity index (χ2n) is 5.24. The van der Waals surface area contributed by atoms with Crippen molar-refractivity contribution in [3.05, 3.63) is 60.2 Å². The maximum absolute atomic E-state index is 12.9. The molecule has 0 aromatic heterocycles. The van der Waals surface area contributed by atoms with Gasteiger partial charge in [-0.2, -0.15) is 0 Å². The van der Waals surface area contributed by atoms with Gasteiger partial charge in [-0.25, -0.2) is 13.2 Å². The zero-order valence-corrected chi connectivity index (χ0v) is 14.2. The molecule has 0 spiro atoms. The summed E-state index contributed by atoms with van der Waals surface area (Å²) < 4.78 is 31.6. The first-order valence-corrected chi connectivity index (χ1v) is 8.74. The number of carbonyl (C=O) groups excluding carboxylic acids is 1. The van der Waals surface area contributed by atoms with Crippen molar-refractivity contribution in [2.24, 2.45) is 0 Å². The first kappa shape index (κ1) is 18.0. The van der Waals surface area contributed by atoms with Crippen LogP contribution in [0.15, 0.2) is 59.5 Å². The number of nitrogens with zero attached hydrogens (tertiary/aromatic N) is 1. The van der Waals surface area contributed by atoms with Crippen LogP contribution in [0.5, 0.6) is 0 Å². The third-order valence-electron chi connectivity index (χ3n) is 3.34. The maximum Gasteiger partial charge on any atom is 0.337 e. The van der Waals surface area contributed by atoms with E-state index in [-0.39, 0.29) is 17.0 Å². The summed E-state index contributed by atoms with van der Waals surface area (Å²) in [5, 5.41) is 9.68. The predicted octanol–water partition coefficient (Wildman–Crippen LogP) is 2.05. The number of benzene rings is 2. The van der Waals surface area contributed by atoms with Gasteiger partial charge in [-0.1, -0.05) is 18.2 Å². The SMILES string of the molecule is COC(=O)c1ccc(S(=O)(=O)N(CC(C)O)c2ccccc2)cc1. The molecule has 7 heteroatoms. The van der Waals surface area contributed by atoms with E-state index in [1.807, 2.05) is 0 Å². The lowest BCUT2D eigenvalue weighted by molar-refractivity contribution is 0.0600. The number of hydrogen-bond acceptors (Lipinski definition) is 5.